The van der Waals surface area contributed by atoms with Gasteiger partial charge in [0, 0.05) is 30.9 Å². The lowest BCUT2D eigenvalue weighted by molar-refractivity contribution is 0.0698. The van der Waals surface area contributed by atoms with Gasteiger partial charge in [-0.1, -0.05) is 6.07 Å². The maximum absolute atomic E-state index is 12.9. The number of aryl methyl sites for hydroxylation is 2. The average molecular weight is 336 g/mol. The summed E-state index contributed by atoms with van der Waals surface area (Å²) in [6.07, 6.45) is 5.17. The number of piperidine rings is 1. The van der Waals surface area contributed by atoms with E-state index in [1.165, 1.54) is 6.33 Å². The molecule has 1 fully saturated rings. The molecule has 0 aliphatic carbocycles. The van der Waals surface area contributed by atoms with Crippen molar-refractivity contribution < 1.29 is 4.79 Å². The summed E-state index contributed by atoms with van der Waals surface area (Å²) in [5.74, 6) is 0.829. The van der Waals surface area contributed by atoms with Crippen LogP contribution < -0.4 is 0 Å². The number of nitrogens with zero attached hydrogens (tertiary/aromatic N) is 6. The highest BCUT2D eigenvalue weighted by Gasteiger charge is 2.28. The van der Waals surface area contributed by atoms with Crippen molar-refractivity contribution in [3.63, 3.8) is 0 Å². The summed E-state index contributed by atoms with van der Waals surface area (Å²) in [5.41, 5.74) is 3.43. The van der Waals surface area contributed by atoms with Crippen LogP contribution >= 0.6 is 0 Å². The standard InChI is InChI=1S/C18H20N6O/c1-12-5-3-7-19-16(12)17(25)23-8-4-6-14(10-23)15-9-13(2)22-18-20-11-21-24(15)18/h3,5,7,9,11,14H,4,6,8,10H2,1-2H3. The Morgan fingerprint density at radius 3 is 3.00 bits per heavy atom. The van der Waals surface area contributed by atoms with Crippen molar-refractivity contribution in [1.29, 1.82) is 0 Å². The van der Waals surface area contributed by atoms with Gasteiger partial charge in [0.15, 0.2) is 0 Å². The molecule has 3 aromatic rings. The Morgan fingerprint density at radius 2 is 2.16 bits per heavy atom. The van der Waals surface area contributed by atoms with Crippen LogP contribution in [-0.2, 0) is 0 Å². The molecule has 1 saturated heterocycles. The van der Waals surface area contributed by atoms with Crippen LogP contribution in [0, 0.1) is 13.8 Å². The van der Waals surface area contributed by atoms with E-state index in [4.69, 9.17) is 0 Å². The molecule has 1 amide bonds. The fourth-order valence-electron chi connectivity index (χ4n) is 3.51. The van der Waals surface area contributed by atoms with Crippen molar-refractivity contribution in [3.05, 3.63) is 53.4 Å². The van der Waals surface area contributed by atoms with Crippen LogP contribution in [0.5, 0.6) is 0 Å². The molecule has 128 valence electrons. The Kier molecular flexibility index (Phi) is 3.91. The second kappa shape index (κ2) is 6.23. The molecule has 4 heterocycles. The second-order valence-corrected chi connectivity index (χ2v) is 6.55. The third-order valence-corrected chi connectivity index (χ3v) is 4.75. The minimum Gasteiger partial charge on any atom is -0.337 e. The number of carbonyl (C=O) groups excluding carboxylic acids is 1. The van der Waals surface area contributed by atoms with Crippen LogP contribution in [0.3, 0.4) is 0 Å². The molecule has 0 saturated carbocycles. The molecule has 0 bridgehead atoms. The summed E-state index contributed by atoms with van der Waals surface area (Å²) in [5, 5.41) is 4.30. The Hall–Kier alpha value is -2.83. The number of hydrogen-bond donors (Lipinski definition) is 0. The van der Waals surface area contributed by atoms with E-state index in [9.17, 15) is 4.79 Å². The summed E-state index contributed by atoms with van der Waals surface area (Å²) in [4.78, 5) is 27.7. The Morgan fingerprint density at radius 1 is 1.28 bits per heavy atom. The van der Waals surface area contributed by atoms with Crippen LogP contribution in [0.1, 0.15) is 46.2 Å². The lowest BCUT2D eigenvalue weighted by Crippen LogP contribution is -2.40. The number of fused-ring (bicyclic) bond motifs is 1. The van der Waals surface area contributed by atoms with Crippen molar-refractivity contribution in [3.8, 4) is 0 Å². The molecule has 1 atom stereocenters. The number of hydrogen-bond acceptors (Lipinski definition) is 5. The molecule has 0 aromatic carbocycles. The largest absolute Gasteiger partial charge is 0.337 e. The molecule has 7 heteroatoms. The van der Waals surface area contributed by atoms with Crippen molar-refractivity contribution >= 4 is 11.7 Å². The first kappa shape index (κ1) is 15.7. The van der Waals surface area contributed by atoms with Gasteiger partial charge in [0.1, 0.15) is 12.0 Å². The third kappa shape index (κ3) is 2.86. The molecule has 0 spiro atoms. The van der Waals surface area contributed by atoms with Crippen LogP contribution in [0.2, 0.25) is 0 Å². The van der Waals surface area contributed by atoms with Gasteiger partial charge in [-0.15, -0.1) is 0 Å². The average Bonchev–Trinajstić information content (AvgIpc) is 3.09. The molecule has 25 heavy (non-hydrogen) atoms. The first-order valence-corrected chi connectivity index (χ1v) is 8.51. The van der Waals surface area contributed by atoms with Gasteiger partial charge in [-0.25, -0.2) is 9.50 Å². The fourth-order valence-corrected chi connectivity index (χ4v) is 3.51. The zero-order chi connectivity index (χ0) is 17.4. The molecule has 7 nitrogen and oxygen atoms in total. The zero-order valence-electron chi connectivity index (χ0n) is 14.4. The van der Waals surface area contributed by atoms with Crippen LogP contribution in [0.4, 0.5) is 0 Å². The molecule has 3 aromatic heterocycles. The minimum atomic E-state index is 0.00316. The number of amides is 1. The maximum atomic E-state index is 12.9. The highest BCUT2D eigenvalue weighted by molar-refractivity contribution is 5.93. The SMILES string of the molecule is Cc1cc(C2CCCN(C(=O)c3ncccc3C)C2)n2ncnc2n1. The lowest BCUT2D eigenvalue weighted by Gasteiger charge is -2.33. The predicted octanol–water partition coefficient (Wildman–Crippen LogP) is 2.16. The molecular weight excluding hydrogens is 316 g/mol. The van der Waals surface area contributed by atoms with Crippen molar-refractivity contribution in [2.75, 3.05) is 13.1 Å². The van der Waals surface area contributed by atoms with Crippen molar-refractivity contribution in [1.82, 2.24) is 29.5 Å². The molecule has 1 aliphatic heterocycles. The Bertz CT molecular complexity index is 934. The minimum absolute atomic E-state index is 0.00316. The maximum Gasteiger partial charge on any atom is 0.272 e. The van der Waals surface area contributed by atoms with Crippen LogP contribution in [-0.4, -0.2) is 48.5 Å². The van der Waals surface area contributed by atoms with E-state index < -0.39 is 0 Å². The molecule has 4 rings (SSSR count). The lowest BCUT2D eigenvalue weighted by atomic mass is 9.93. The van der Waals surface area contributed by atoms with Gasteiger partial charge in [-0.3, -0.25) is 9.78 Å². The third-order valence-electron chi connectivity index (χ3n) is 4.75. The van der Waals surface area contributed by atoms with E-state index in [2.05, 4.69) is 20.1 Å². The van der Waals surface area contributed by atoms with Gasteiger partial charge in [0.05, 0.1) is 5.69 Å². The molecule has 1 aliphatic rings. The number of likely N-dealkylation sites (tertiary alicyclic amines) is 1. The Labute approximate surface area is 145 Å². The quantitative estimate of drug-likeness (QED) is 0.717. The second-order valence-electron chi connectivity index (χ2n) is 6.55. The fraction of sp³-hybridized carbons (Fsp3) is 0.389. The van der Waals surface area contributed by atoms with Crippen LogP contribution in [0.25, 0.3) is 5.78 Å². The van der Waals surface area contributed by atoms with Gasteiger partial charge < -0.3 is 4.90 Å². The number of pyridine rings is 1. The zero-order valence-corrected chi connectivity index (χ0v) is 14.4. The molecule has 1 unspecified atom stereocenters. The van der Waals surface area contributed by atoms with Gasteiger partial charge in [-0.2, -0.15) is 10.1 Å². The van der Waals surface area contributed by atoms with Gasteiger partial charge in [-0.05, 0) is 44.4 Å². The van der Waals surface area contributed by atoms with Gasteiger partial charge in [0.25, 0.3) is 11.7 Å². The number of rotatable bonds is 2. The van der Waals surface area contributed by atoms with E-state index in [1.54, 1.807) is 10.7 Å². The van der Waals surface area contributed by atoms with Crippen molar-refractivity contribution in [2.24, 2.45) is 0 Å². The van der Waals surface area contributed by atoms with E-state index in [1.807, 2.05) is 36.9 Å². The highest BCUT2D eigenvalue weighted by Crippen LogP contribution is 2.28. The topological polar surface area (TPSA) is 76.3 Å². The van der Waals surface area contributed by atoms with E-state index in [0.717, 1.165) is 36.3 Å². The monoisotopic (exact) mass is 336 g/mol. The first-order valence-electron chi connectivity index (χ1n) is 8.51. The Balaban J connectivity index is 1.64. The first-order chi connectivity index (χ1) is 12.1. The van der Waals surface area contributed by atoms with E-state index in [-0.39, 0.29) is 11.8 Å². The van der Waals surface area contributed by atoms with Gasteiger partial charge >= 0.3 is 0 Å². The van der Waals surface area contributed by atoms with Crippen LogP contribution in [0.15, 0.2) is 30.7 Å². The van der Waals surface area contributed by atoms with Gasteiger partial charge in [0.2, 0.25) is 0 Å². The summed E-state index contributed by atoms with van der Waals surface area (Å²) in [6, 6.07) is 5.82. The molecular formula is C18H20N6O. The summed E-state index contributed by atoms with van der Waals surface area (Å²) in [7, 11) is 0. The highest BCUT2D eigenvalue weighted by atomic mass is 16.2. The number of carbonyl (C=O) groups is 1. The van der Waals surface area contributed by atoms with E-state index >= 15 is 0 Å². The predicted molar refractivity (Wildman–Crippen MR) is 92.4 cm³/mol. The van der Waals surface area contributed by atoms with E-state index in [0.29, 0.717) is 18.0 Å². The molecule has 0 radical (unpaired) electrons. The normalized spacial score (nSPS) is 17.8. The summed E-state index contributed by atoms with van der Waals surface area (Å²) >= 11 is 0. The smallest absolute Gasteiger partial charge is 0.272 e. The van der Waals surface area contributed by atoms with Crippen molar-refractivity contribution in [2.45, 2.75) is 32.6 Å². The summed E-state index contributed by atoms with van der Waals surface area (Å²) < 4.78 is 1.79. The number of aromatic nitrogens is 5. The summed E-state index contributed by atoms with van der Waals surface area (Å²) in [6.45, 7) is 5.30. The molecule has 0 N–H and O–H groups in total.